The zero-order chi connectivity index (χ0) is 16.4. The second kappa shape index (κ2) is 6.00. The molecule has 2 aromatic carbocycles. The largest absolute Gasteiger partial charge is 0.454 e. The van der Waals surface area contributed by atoms with E-state index in [9.17, 15) is 4.79 Å². The second-order valence-corrected chi connectivity index (χ2v) is 5.20. The van der Waals surface area contributed by atoms with Crippen LogP contribution in [0, 0.1) is 0 Å². The number of ketones is 1. The Morgan fingerprint density at radius 3 is 2.71 bits per heavy atom. The zero-order valence-corrected chi connectivity index (χ0v) is 12.6. The third kappa shape index (κ3) is 2.77. The Balaban J connectivity index is 1.49. The van der Waals surface area contributed by atoms with E-state index < -0.39 is 0 Å². The molecule has 0 spiro atoms. The molecule has 0 bridgehead atoms. The molecule has 0 fully saturated rings. The first-order valence-corrected chi connectivity index (χ1v) is 7.37. The van der Waals surface area contributed by atoms with Crippen LogP contribution in [0.5, 0.6) is 11.5 Å². The van der Waals surface area contributed by atoms with Crippen molar-refractivity contribution in [1.82, 2.24) is 14.8 Å². The van der Waals surface area contributed by atoms with Crippen molar-refractivity contribution >= 4 is 11.9 Å². The molecule has 0 aliphatic carbocycles. The Morgan fingerprint density at radius 1 is 1.08 bits per heavy atom. The fourth-order valence-electron chi connectivity index (χ4n) is 2.40. The highest BCUT2D eigenvalue weighted by atomic mass is 16.7. The van der Waals surface area contributed by atoms with Crippen molar-refractivity contribution in [2.75, 3.05) is 6.79 Å². The summed E-state index contributed by atoms with van der Waals surface area (Å²) in [5, 5.41) is 4.05. The zero-order valence-electron chi connectivity index (χ0n) is 12.6. The maximum atomic E-state index is 12.3. The summed E-state index contributed by atoms with van der Waals surface area (Å²) in [6, 6.07) is 12.8. The van der Waals surface area contributed by atoms with Gasteiger partial charge in [-0.1, -0.05) is 12.1 Å². The highest BCUT2D eigenvalue weighted by Crippen LogP contribution is 2.32. The number of hydrogen-bond donors (Lipinski definition) is 0. The third-order valence-corrected chi connectivity index (χ3v) is 3.66. The number of benzene rings is 2. The van der Waals surface area contributed by atoms with Gasteiger partial charge in [-0.25, -0.2) is 9.67 Å². The normalized spacial score (nSPS) is 12.7. The molecule has 1 aliphatic heterocycles. The smallest absolute Gasteiger partial charge is 0.231 e. The summed E-state index contributed by atoms with van der Waals surface area (Å²) in [6.45, 7) is 0.236. The molecule has 6 nitrogen and oxygen atoms in total. The molecular formula is C18H13N3O3. The SMILES string of the molecule is O=C(/C=C/c1ccc2c(c1)OCO2)c1ccc(-n2cncn2)cc1. The van der Waals surface area contributed by atoms with Crippen LogP contribution in [0.3, 0.4) is 0 Å². The number of fused-ring (bicyclic) bond motifs is 1. The van der Waals surface area contributed by atoms with Crippen LogP contribution >= 0.6 is 0 Å². The van der Waals surface area contributed by atoms with E-state index in [0.29, 0.717) is 11.3 Å². The van der Waals surface area contributed by atoms with Crippen LogP contribution < -0.4 is 9.47 Å². The van der Waals surface area contributed by atoms with Gasteiger partial charge in [0.25, 0.3) is 0 Å². The average molecular weight is 319 g/mol. The van der Waals surface area contributed by atoms with Crippen LogP contribution in [0.15, 0.2) is 61.2 Å². The van der Waals surface area contributed by atoms with Gasteiger partial charge >= 0.3 is 0 Å². The lowest BCUT2D eigenvalue weighted by molar-refractivity contribution is 0.104. The molecule has 0 atom stereocenters. The van der Waals surface area contributed by atoms with E-state index in [1.807, 2.05) is 30.3 Å². The van der Waals surface area contributed by atoms with E-state index in [2.05, 4.69) is 10.1 Å². The summed E-state index contributed by atoms with van der Waals surface area (Å²) in [7, 11) is 0. The van der Waals surface area contributed by atoms with E-state index in [-0.39, 0.29) is 12.6 Å². The van der Waals surface area contributed by atoms with Crippen molar-refractivity contribution in [2.45, 2.75) is 0 Å². The van der Waals surface area contributed by atoms with E-state index in [1.54, 1.807) is 35.3 Å². The minimum absolute atomic E-state index is 0.0715. The molecule has 2 heterocycles. The number of nitrogens with zero attached hydrogens (tertiary/aromatic N) is 3. The maximum Gasteiger partial charge on any atom is 0.231 e. The summed E-state index contributed by atoms with van der Waals surface area (Å²) in [4.78, 5) is 16.2. The van der Waals surface area contributed by atoms with E-state index in [1.165, 1.54) is 6.33 Å². The van der Waals surface area contributed by atoms with E-state index >= 15 is 0 Å². The van der Waals surface area contributed by atoms with E-state index in [4.69, 9.17) is 9.47 Å². The molecule has 0 radical (unpaired) electrons. The standard InChI is InChI=1S/C18H13N3O3/c22-16(7-1-13-2-8-17-18(9-13)24-12-23-17)14-3-5-15(6-4-14)21-11-19-10-20-21/h1-11H,12H2/b7-1+. The van der Waals surface area contributed by atoms with Crippen molar-refractivity contribution in [2.24, 2.45) is 0 Å². The molecule has 0 unspecified atom stereocenters. The van der Waals surface area contributed by atoms with Crippen LogP contribution in [0.2, 0.25) is 0 Å². The van der Waals surface area contributed by atoms with Crippen LogP contribution in [0.4, 0.5) is 0 Å². The maximum absolute atomic E-state index is 12.3. The number of allylic oxidation sites excluding steroid dienone is 1. The van der Waals surface area contributed by atoms with Gasteiger partial charge in [-0.15, -0.1) is 0 Å². The average Bonchev–Trinajstić information content (AvgIpc) is 3.31. The minimum atomic E-state index is -0.0715. The van der Waals surface area contributed by atoms with Crippen molar-refractivity contribution in [1.29, 1.82) is 0 Å². The first-order valence-electron chi connectivity index (χ1n) is 7.37. The Labute approximate surface area is 138 Å². The molecular weight excluding hydrogens is 306 g/mol. The lowest BCUT2D eigenvalue weighted by atomic mass is 10.1. The van der Waals surface area contributed by atoms with Gasteiger partial charge in [0, 0.05) is 5.56 Å². The van der Waals surface area contributed by atoms with Crippen LogP contribution in [-0.2, 0) is 0 Å². The summed E-state index contributed by atoms with van der Waals surface area (Å²) < 4.78 is 12.2. The Hall–Kier alpha value is -3.41. The second-order valence-electron chi connectivity index (χ2n) is 5.20. The Bertz CT molecular complexity index is 900. The first kappa shape index (κ1) is 14.2. The molecule has 0 N–H and O–H groups in total. The predicted octanol–water partition coefficient (Wildman–Crippen LogP) is 2.89. The van der Waals surface area contributed by atoms with Crippen LogP contribution in [0.1, 0.15) is 15.9 Å². The fraction of sp³-hybridized carbons (Fsp3) is 0.0556. The van der Waals surface area contributed by atoms with Gasteiger partial charge in [-0.3, -0.25) is 4.79 Å². The van der Waals surface area contributed by atoms with Gasteiger partial charge in [0.2, 0.25) is 6.79 Å². The van der Waals surface area contributed by atoms with Gasteiger partial charge in [0.1, 0.15) is 12.7 Å². The number of carbonyl (C=O) groups is 1. The molecule has 0 saturated carbocycles. The number of carbonyl (C=O) groups excluding carboxylic acids is 1. The number of aromatic nitrogens is 3. The van der Waals surface area contributed by atoms with Crippen molar-refractivity contribution in [3.63, 3.8) is 0 Å². The van der Waals surface area contributed by atoms with Gasteiger partial charge in [0.05, 0.1) is 5.69 Å². The van der Waals surface area contributed by atoms with Crippen LogP contribution in [0.25, 0.3) is 11.8 Å². The molecule has 4 rings (SSSR count). The van der Waals surface area contributed by atoms with Gasteiger partial charge in [-0.05, 0) is 48.0 Å². The molecule has 6 heteroatoms. The van der Waals surface area contributed by atoms with Gasteiger partial charge < -0.3 is 9.47 Å². The molecule has 24 heavy (non-hydrogen) atoms. The molecule has 1 aliphatic rings. The topological polar surface area (TPSA) is 66.2 Å². The highest BCUT2D eigenvalue weighted by molar-refractivity contribution is 6.06. The molecule has 118 valence electrons. The third-order valence-electron chi connectivity index (χ3n) is 3.66. The summed E-state index contributed by atoms with van der Waals surface area (Å²) in [6.07, 6.45) is 6.38. The van der Waals surface area contributed by atoms with Crippen molar-refractivity contribution < 1.29 is 14.3 Å². The highest BCUT2D eigenvalue weighted by Gasteiger charge is 2.12. The van der Waals surface area contributed by atoms with Gasteiger partial charge in [0.15, 0.2) is 17.3 Å². The van der Waals surface area contributed by atoms with E-state index in [0.717, 1.165) is 17.0 Å². The molecule has 3 aromatic rings. The summed E-state index contributed by atoms with van der Waals surface area (Å²) in [5.41, 5.74) is 2.34. The van der Waals surface area contributed by atoms with Gasteiger partial charge in [-0.2, -0.15) is 5.10 Å². The predicted molar refractivity (Wildman–Crippen MR) is 87.3 cm³/mol. The molecule has 0 amide bonds. The summed E-state index contributed by atoms with van der Waals surface area (Å²) >= 11 is 0. The number of rotatable bonds is 4. The molecule has 1 aromatic heterocycles. The number of ether oxygens (including phenoxy) is 2. The number of hydrogen-bond acceptors (Lipinski definition) is 5. The Kier molecular flexibility index (Phi) is 3.55. The summed E-state index contributed by atoms with van der Waals surface area (Å²) in [5.74, 6) is 1.35. The van der Waals surface area contributed by atoms with Crippen LogP contribution in [-0.4, -0.2) is 27.3 Å². The quantitative estimate of drug-likeness (QED) is 0.546. The van der Waals surface area contributed by atoms with Crippen molar-refractivity contribution in [3.8, 4) is 17.2 Å². The minimum Gasteiger partial charge on any atom is -0.454 e. The lowest BCUT2D eigenvalue weighted by Crippen LogP contribution is -1.97. The molecule has 0 saturated heterocycles. The lowest BCUT2D eigenvalue weighted by Gasteiger charge is -2.01. The fourth-order valence-corrected chi connectivity index (χ4v) is 2.40. The monoisotopic (exact) mass is 319 g/mol. The Morgan fingerprint density at radius 2 is 1.92 bits per heavy atom. The van der Waals surface area contributed by atoms with Crippen molar-refractivity contribution in [3.05, 3.63) is 72.3 Å². The first-order chi connectivity index (χ1) is 11.8.